The minimum atomic E-state index is -2.96. The fourth-order valence-electron chi connectivity index (χ4n) is 2.02. The second kappa shape index (κ2) is 6.35. The average Bonchev–Trinajstić information content (AvgIpc) is 2.19. The van der Waals surface area contributed by atoms with Crippen LogP contribution in [0.2, 0.25) is 0 Å². The van der Waals surface area contributed by atoms with Gasteiger partial charge in [-0.15, -0.1) is 0 Å². The number of hydrogen-bond acceptors (Lipinski definition) is 4. The van der Waals surface area contributed by atoms with E-state index in [0.29, 0.717) is 12.5 Å². The highest BCUT2D eigenvalue weighted by atomic mass is 32.2. The van der Waals surface area contributed by atoms with Gasteiger partial charge in [0, 0.05) is 24.8 Å². The Hall–Kier alpha value is -0.620. The standard InChI is InChI=1S/C11H22N2O3S/c1-9-10(5-3-7-12-9)13-11(14)6-4-8-17(2,15)16/h9-10,12H,3-8H2,1-2H3,(H,13,14). The summed E-state index contributed by atoms with van der Waals surface area (Å²) in [5.74, 6) is 0.0352. The second-order valence-electron chi connectivity index (χ2n) is 4.79. The van der Waals surface area contributed by atoms with Crippen LogP contribution in [0.25, 0.3) is 0 Å². The van der Waals surface area contributed by atoms with Crippen molar-refractivity contribution in [1.29, 1.82) is 0 Å². The molecule has 1 aliphatic rings. The molecule has 0 aromatic carbocycles. The van der Waals surface area contributed by atoms with E-state index in [1.165, 1.54) is 6.26 Å². The van der Waals surface area contributed by atoms with Crippen LogP contribution in [0, 0.1) is 0 Å². The molecule has 1 saturated heterocycles. The monoisotopic (exact) mass is 262 g/mol. The van der Waals surface area contributed by atoms with E-state index < -0.39 is 9.84 Å². The van der Waals surface area contributed by atoms with Crippen LogP contribution in [0.3, 0.4) is 0 Å². The molecule has 1 fully saturated rings. The topological polar surface area (TPSA) is 75.3 Å². The van der Waals surface area contributed by atoms with Crippen molar-refractivity contribution in [3.63, 3.8) is 0 Å². The predicted octanol–water partition coefficient (Wildman–Crippen LogP) is 0.0679. The Labute approximate surface area is 103 Å². The summed E-state index contributed by atoms with van der Waals surface area (Å²) >= 11 is 0. The molecule has 100 valence electrons. The van der Waals surface area contributed by atoms with Gasteiger partial charge in [0.2, 0.25) is 5.91 Å². The number of hydrogen-bond donors (Lipinski definition) is 2. The Morgan fingerprint density at radius 3 is 2.76 bits per heavy atom. The Bertz CT molecular complexity index is 354. The van der Waals surface area contributed by atoms with E-state index in [9.17, 15) is 13.2 Å². The van der Waals surface area contributed by atoms with Gasteiger partial charge in [-0.25, -0.2) is 8.42 Å². The fourth-order valence-corrected chi connectivity index (χ4v) is 2.68. The third kappa shape index (κ3) is 6.02. The van der Waals surface area contributed by atoms with Crippen LogP contribution in [-0.2, 0) is 14.6 Å². The summed E-state index contributed by atoms with van der Waals surface area (Å²) in [6, 6.07) is 0.470. The molecule has 17 heavy (non-hydrogen) atoms. The summed E-state index contributed by atoms with van der Waals surface area (Å²) in [5, 5.41) is 6.27. The molecule has 0 aromatic rings. The van der Waals surface area contributed by atoms with Crippen LogP contribution in [-0.4, -0.2) is 45.0 Å². The first kappa shape index (κ1) is 14.4. The molecular weight excluding hydrogens is 240 g/mol. The van der Waals surface area contributed by atoms with Gasteiger partial charge in [0.25, 0.3) is 0 Å². The molecule has 6 heteroatoms. The van der Waals surface area contributed by atoms with Crippen molar-refractivity contribution in [3.8, 4) is 0 Å². The Morgan fingerprint density at radius 1 is 1.47 bits per heavy atom. The molecule has 1 aliphatic heterocycles. The fraction of sp³-hybridized carbons (Fsp3) is 0.909. The van der Waals surface area contributed by atoms with Crippen molar-refractivity contribution in [2.45, 2.75) is 44.7 Å². The molecule has 0 radical (unpaired) electrons. The Balaban J connectivity index is 2.24. The number of carbonyl (C=O) groups excluding carboxylic acids is 1. The minimum Gasteiger partial charge on any atom is -0.352 e. The van der Waals surface area contributed by atoms with Crippen LogP contribution >= 0.6 is 0 Å². The van der Waals surface area contributed by atoms with Crippen molar-refractivity contribution in [1.82, 2.24) is 10.6 Å². The van der Waals surface area contributed by atoms with E-state index in [1.807, 2.05) is 0 Å². The SMILES string of the molecule is CC1NCCCC1NC(=O)CCCS(C)(=O)=O. The van der Waals surface area contributed by atoms with Crippen LogP contribution in [0.4, 0.5) is 0 Å². The lowest BCUT2D eigenvalue weighted by Gasteiger charge is -2.30. The number of carbonyl (C=O) groups is 1. The van der Waals surface area contributed by atoms with Crippen LogP contribution in [0.1, 0.15) is 32.6 Å². The van der Waals surface area contributed by atoms with Crippen LogP contribution in [0.15, 0.2) is 0 Å². The summed E-state index contributed by atoms with van der Waals surface area (Å²) in [4.78, 5) is 11.6. The van der Waals surface area contributed by atoms with Crippen molar-refractivity contribution in [2.75, 3.05) is 18.6 Å². The van der Waals surface area contributed by atoms with Gasteiger partial charge >= 0.3 is 0 Å². The molecule has 1 heterocycles. The first-order valence-corrected chi connectivity index (χ1v) is 8.15. The summed E-state index contributed by atoms with van der Waals surface area (Å²) in [6.45, 7) is 3.06. The van der Waals surface area contributed by atoms with E-state index in [1.54, 1.807) is 0 Å². The van der Waals surface area contributed by atoms with E-state index >= 15 is 0 Å². The van der Waals surface area contributed by atoms with Gasteiger partial charge in [-0.2, -0.15) is 0 Å². The van der Waals surface area contributed by atoms with E-state index in [4.69, 9.17) is 0 Å². The van der Waals surface area contributed by atoms with E-state index in [-0.39, 0.29) is 24.1 Å². The first-order valence-electron chi connectivity index (χ1n) is 6.09. The summed E-state index contributed by atoms with van der Waals surface area (Å²) in [5.41, 5.74) is 0. The number of rotatable bonds is 5. The second-order valence-corrected chi connectivity index (χ2v) is 7.05. The average molecular weight is 262 g/mol. The van der Waals surface area contributed by atoms with Crippen molar-refractivity contribution >= 4 is 15.7 Å². The highest BCUT2D eigenvalue weighted by Gasteiger charge is 2.22. The maximum atomic E-state index is 11.6. The molecule has 5 nitrogen and oxygen atoms in total. The number of amides is 1. The van der Waals surface area contributed by atoms with Gasteiger partial charge in [0.1, 0.15) is 9.84 Å². The highest BCUT2D eigenvalue weighted by molar-refractivity contribution is 7.90. The zero-order valence-corrected chi connectivity index (χ0v) is 11.3. The third-order valence-corrected chi connectivity index (χ3v) is 4.06. The molecule has 1 amide bonds. The van der Waals surface area contributed by atoms with Crippen LogP contribution < -0.4 is 10.6 Å². The minimum absolute atomic E-state index is 0.0470. The van der Waals surface area contributed by atoms with E-state index in [0.717, 1.165) is 19.4 Å². The third-order valence-electron chi connectivity index (χ3n) is 3.03. The lowest BCUT2D eigenvalue weighted by Crippen LogP contribution is -2.51. The van der Waals surface area contributed by atoms with Gasteiger partial charge < -0.3 is 10.6 Å². The van der Waals surface area contributed by atoms with Gasteiger partial charge in [0.05, 0.1) is 5.75 Å². The highest BCUT2D eigenvalue weighted by Crippen LogP contribution is 2.08. The Morgan fingerprint density at radius 2 is 2.18 bits per heavy atom. The molecule has 0 bridgehead atoms. The molecule has 0 saturated carbocycles. The number of sulfone groups is 1. The molecule has 1 rings (SSSR count). The van der Waals surface area contributed by atoms with Gasteiger partial charge in [-0.1, -0.05) is 0 Å². The van der Waals surface area contributed by atoms with Crippen molar-refractivity contribution in [2.24, 2.45) is 0 Å². The van der Waals surface area contributed by atoms with Gasteiger partial charge in [-0.05, 0) is 32.7 Å². The van der Waals surface area contributed by atoms with E-state index in [2.05, 4.69) is 17.6 Å². The predicted molar refractivity (Wildman–Crippen MR) is 67.6 cm³/mol. The smallest absolute Gasteiger partial charge is 0.220 e. The molecule has 0 aromatic heterocycles. The molecule has 2 unspecified atom stereocenters. The normalized spacial score (nSPS) is 25.5. The number of piperidine rings is 1. The largest absolute Gasteiger partial charge is 0.352 e. The quantitative estimate of drug-likeness (QED) is 0.735. The van der Waals surface area contributed by atoms with Gasteiger partial charge in [-0.3, -0.25) is 4.79 Å². The Kier molecular flexibility index (Phi) is 5.39. The molecular formula is C11H22N2O3S. The zero-order valence-electron chi connectivity index (χ0n) is 10.5. The lowest BCUT2D eigenvalue weighted by atomic mass is 10.00. The van der Waals surface area contributed by atoms with Crippen molar-refractivity contribution < 1.29 is 13.2 Å². The molecule has 2 N–H and O–H groups in total. The lowest BCUT2D eigenvalue weighted by molar-refractivity contribution is -0.122. The molecule has 0 spiro atoms. The summed E-state index contributed by atoms with van der Waals surface area (Å²) in [7, 11) is -2.96. The van der Waals surface area contributed by atoms with Gasteiger partial charge in [0.15, 0.2) is 0 Å². The molecule has 0 aliphatic carbocycles. The molecule has 2 atom stereocenters. The van der Waals surface area contributed by atoms with Crippen LogP contribution in [0.5, 0.6) is 0 Å². The maximum absolute atomic E-state index is 11.6. The summed E-state index contributed by atoms with van der Waals surface area (Å²) in [6.07, 6.45) is 3.94. The first-order chi connectivity index (χ1) is 7.88. The zero-order chi connectivity index (χ0) is 12.9. The number of nitrogens with one attached hydrogen (secondary N) is 2. The summed E-state index contributed by atoms with van der Waals surface area (Å²) < 4.78 is 21.8. The van der Waals surface area contributed by atoms with Crippen molar-refractivity contribution in [3.05, 3.63) is 0 Å². The maximum Gasteiger partial charge on any atom is 0.220 e.